The lowest BCUT2D eigenvalue weighted by Crippen LogP contribution is -2.07. The third-order valence-electron chi connectivity index (χ3n) is 3.92. The maximum absolute atomic E-state index is 12.7. The van der Waals surface area contributed by atoms with E-state index < -0.39 is 5.97 Å². The molecular weight excluding hydrogens is 352 g/mol. The first-order valence-corrected chi connectivity index (χ1v) is 8.45. The second-order valence-corrected chi connectivity index (χ2v) is 5.91. The third-order valence-corrected chi connectivity index (χ3v) is 3.92. The van der Waals surface area contributed by atoms with Gasteiger partial charge in [0.05, 0.1) is 22.9 Å². The number of furan rings is 1. The Kier molecular flexibility index (Phi) is 4.41. The second kappa shape index (κ2) is 7.02. The van der Waals surface area contributed by atoms with E-state index in [0.717, 1.165) is 6.42 Å². The molecule has 0 amide bonds. The molecule has 4 aromatic rings. The minimum Gasteiger partial charge on any atom is -0.463 e. The average Bonchev–Trinajstić information content (AvgIpc) is 3.41. The van der Waals surface area contributed by atoms with Crippen molar-refractivity contribution in [3.05, 3.63) is 47.4 Å². The molecule has 0 spiro atoms. The monoisotopic (exact) mass is 368 g/mol. The van der Waals surface area contributed by atoms with Gasteiger partial charge in [0.2, 0.25) is 0 Å². The fraction of sp³-hybridized carbons (Fsp3) is 0.278. The number of rotatable bonds is 6. The quantitative estimate of drug-likeness (QED) is 0.471. The summed E-state index contributed by atoms with van der Waals surface area (Å²) in [6.07, 6.45) is 3.12. The van der Waals surface area contributed by atoms with Gasteiger partial charge in [-0.25, -0.2) is 9.78 Å². The van der Waals surface area contributed by atoms with E-state index >= 15 is 0 Å². The topological polar surface area (TPSA) is 117 Å². The van der Waals surface area contributed by atoms with Gasteiger partial charge in [-0.05, 0) is 31.5 Å². The molecular formula is C18H16N4O5. The number of aryl methyl sites for hydroxylation is 2. The number of carbonyl (C=O) groups excluding carboxylic acids is 1. The smallest absolute Gasteiger partial charge is 0.339 e. The molecule has 4 heterocycles. The van der Waals surface area contributed by atoms with Crippen LogP contribution in [0, 0.1) is 6.92 Å². The molecule has 4 rings (SSSR count). The molecule has 0 unspecified atom stereocenters. The van der Waals surface area contributed by atoms with Gasteiger partial charge in [0.25, 0.3) is 11.6 Å². The number of hydrogen-bond donors (Lipinski definition) is 0. The number of esters is 1. The van der Waals surface area contributed by atoms with Gasteiger partial charge in [-0.1, -0.05) is 17.2 Å². The molecule has 0 fully saturated rings. The first kappa shape index (κ1) is 17.0. The summed E-state index contributed by atoms with van der Waals surface area (Å²) in [6, 6.07) is 5.05. The van der Waals surface area contributed by atoms with Crippen LogP contribution in [0.3, 0.4) is 0 Å². The summed E-state index contributed by atoms with van der Waals surface area (Å²) in [4.78, 5) is 21.2. The Morgan fingerprint density at radius 1 is 1.22 bits per heavy atom. The van der Waals surface area contributed by atoms with Crippen molar-refractivity contribution in [3.63, 3.8) is 0 Å². The van der Waals surface area contributed by atoms with Crippen LogP contribution in [0.25, 0.3) is 22.6 Å². The van der Waals surface area contributed by atoms with Crippen molar-refractivity contribution in [1.82, 2.24) is 20.3 Å². The van der Waals surface area contributed by atoms with Crippen molar-refractivity contribution in [3.8, 4) is 11.5 Å². The van der Waals surface area contributed by atoms with Gasteiger partial charge in [-0.3, -0.25) is 0 Å². The Morgan fingerprint density at radius 2 is 2.11 bits per heavy atom. The van der Waals surface area contributed by atoms with E-state index in [2.05, 4.69) is 20.3 Å². The van der Waals surface area contributed by atoms with Gasteiger partial charge in [-0.2, -0.15) is 4.98 Å². The van der Waals surface area contributed by atoms with Gasteiger partial charge in [0.1, 0.15) is 5.69 Å². The molecule has 0 aromatic carbocycles. The number of nitrogens with zero attached hydrogens (tertiary/aromatic N) is 4. The van der Waals surface area contributed by atoms with Gasteiger partial charge in [0, 0.05) is 6.42 Å². The highest BCUT2D eigenvalue weighted by atomic mass is 16.6. The van der Waals surface area contributed by atoms with Crippen LogP contribution in [-0.2, 0) is 17.8 Å². The second-order valence-electron chi connectivity index (χ2n) is 5.91. The van der Waals surface area contributed by atoms with Crippen molar-refractivity contribution in [1.29, 1.82) is 0 Å². The van der Waals surface area contributed by atoms with E-state index in [-0.39, 0.29) is 23.8 Å². The normalized spacial score (nSPS) is 11.2. The van der Waals surface area contributed by atoms with Crippen LogP contribution in [0.4, 0.5) is 0 Å². The number of pyridine rings is 1. The summed E-state index contributed by atoms with van der Waals surface area (Å²) < 4.78 is 21.0. The minimum absolute atomic E-state index is 0.125. The molecule has 27 heavy (non-hydrogen) atoms. The highest BCUT2D eigenvalue weighted by Crippen LogP contribution is 2.27. The van der Waals surface area contributed by atoms with E-state index in [4.69, 9.17) is 18.2 Å². The lowest BCUT2D eigenvalue weighted by Gasteiger charge is -2.05. The molecule has 9 heteroatoms. The third kappa shape index (κ3) is 3.31. The molecule has 0 N–H and O–H groups in total. The number of fused-ring (bicyclic) bond motifs is 1. The van der Waals surface area contributed by atoms with Gasteiger partial charge in [0.15, 0.2) is 18.2 Å². The zero-order valence-electron chi connectivity index (χ0n) is 14.8. The summed E-state index contributed by atoms with van der Waals surface area (Å²) in [6.45, 7) is 3.62. The van der Waals surface area contributed by atoms with E-state index in [0.29, 0.717) is 34.8 Å². The Hall–Kier alpha value is -3.49. The van der Waals surface area contributed by atoms with Crippen LogP contribution >= 0.6 is 0 Å². The number of hydrogen-bond acceptors (Lipinski definition) is 9. The van der Waals surface area contributed by atoms with Crippen molar-refractivity contribution in [2.45, 2.75) is 33.3 Å². The molecule has 138 valence electrons. The largest absolute Gasteiger partial charge is 0.463 e. The van der Waals surface area contributed by atoms with Crippen molar-refractivity contribution >= 4 is 17.1 Å². The maximum atomic E-state index is 12.7. The van der Waals surface area contributed by atoms with E-state index in [1.165, 1.54) is 6.26 Å². The van der Waals surface area contributed by atoms with Crippen molar-refractivity contribution in [2.75, 3.05) is 0 Å². The van der Waals surface area contributed by atoms with Crippen LogP contribution in [0.15, 0.2) is 37.9 Å². The Balaban J connectivity index is 1.62. The minimum atomic E-state index is -0.572. The lowest BCUT2D eigenvalue weighted by molar-refractivity contribution is 0.0432. The Labute approximate surface area is 153 Å². The van der Waals surface area contributed by atoms with Crippen LogP contribution in [-0.4, -0.2) is 26.3 Å². The first-order chi connectivity index (χ1) is 13.2. The Bertz CT molecular complexity index is 1080. The fourth-order valence-corrected chi connectivity index (χ4v) is 2.69. The summed E-state index contributed by atoms with van der Waals surface area (Å²) >= 11 is 0. The lowest BCUT2D eigenvalue weighted by atomic mass is 10.1. The SMILES string of the molecule is CCCc1noc(COC(=O)c2cc(-c3ccco3)nc3onc(C)c23)n1. The van der Waals surface area contributed by atoms with E-state index in [1.54, 1.807) is 25.1 Å². The molecule has 0 saturated heterocycles. The number of aromatic nitrogens is 4. The van der Waals surface area contributed by atoms with E-state index in [9.17, 15) is 4.79 Å². The molecule has 0 bridgehead atoms. The first-order valence-electron chi connectivity index (χ1n) is 8.45. The Morgan fingerprint density at radius 3 is 2.89 bits per heavy atom. The van der Waals surface area contributed by atoms with Crippen LogP contribution < -0.4 is 0 Å². The van der Waals surface area contributed by atoms with Crippen LogP contribution in [0.2, 0.25) is 0 Å². The number of ether oxygens (including phenoxy) is 1. The summed E-state index contributed by atoms with van der Waals surface area (Å²) in [5.74, 6) is 0.757. The predicted molar refractivity (Wildman–Crippen MR) is 91.7 cm³/mol. The van der Waals surface area contributed by atoms with Crippen molar-refractivity contribution < 1.29 is 23.0 Å². The highest BCUT2D eigenvalue weighted by Gasteiger charge is 2.22. The zero-order valence-corrected chi connectivity index (χ0v) is 14.8. The maximum Gasteiger partial charge on any atom is 0.339 e. The predicted octanol–water partition coefficient (Wildman–Crippen LogP) is 3.48. The molecule has 0 aliphatic rings. The molecule has 0 aliphatic heterocycles. The molecule has 0 saturated carbocycles. The number of carbonyl (C=O) groups is 1. The van der Waals surface area contributed by atoms with Gasteiger partial charge >= 0.3 is 5.97 Å². The van der Waals surface area contributed by atoms with Crippen molar-refractivity contribution in [2.24, 2.45) is 0 Å². The van der Waals surface area contributed by atoms with E-state index in [1.807, 2.05) is 6.92 Å². The molecule has 0 radical (unpaired) electrons. The van der Waals surface area contributed by atoms with Crippen LogP contribution in [0.1, 0.15) is 41.1 Å². The molecule has 9 nitrogen and oxygen atoms in total. The molecule has 0 aliphatic carbocycles. The van der Waals surface area contributed by atoms with Gasteiger partial charge in [-0.15, -0.1) is 0 Å². The summed E-state index contributed by atoms with van der Waals surface area (Å²) in [5, 5.41) is 8.22. The molecule has 4 aromatic heterocycles. The zero-order chi connectivity index (χ0) is 18.8. The van der Waals surface area contributed by atoms with Crippen LogP contribution in [0.5, 0.6) is 0 Å². The summed E-state index contributed by atoms with van der Waals surface area (Å²) in [5.41, 5.74) is 1.49. The summed E-state index contributed by atoms with van der Waals surface area (Å²) in [7, 11) is 0. The highest BCUT2D eigenvalue weighted by molar-refractivity contribution is 6.04. The average molecular weight is 368 g/mol. The van der Waals surface area contributed by atoms with Gasteiger partial charge < -0.3 is 18.2 Å². The standard InChI is InChI=1S/C18H16N4O5/c1-3-5-14-20-15(26-22-14)9-25-18(23)11-8-12(13-6-4-7-24-13)19-17-16(11)10(2)21-27-17/h4,6-8H,3,5,9H2,1-2H3. The molecule has 0 atom stereocenters. The fourth-order valence-electron chi connectivity index (χ4n) is 2.69.